The standard InChI is InChI=1S/C29H34N2O5/c1-5-19-36-24-16-14-22(20-25(24)35-6-2)27-26(23(32)15-13-21-11-8-7-9-12-21)28(33)29(34)31(27)18-10-17-30(3)4/h5,7-9,11-16,20,27,33H,1,6,10,17-19H2,2-4H3/b15-13+. The van der Waals surface area contributed by atoms with Crippen LogP contribution in [0, 0.1) is 0 Å². The number of nitrogens with zero attached hydrogens (tertiary/aromatic N) is 2. The molecular weight excluding hydrogens is 456 g/mol. The summed E-state index contributed by atoms with van der Waals surface area (Å²) < 4.78 is 11.5. The molecule has 3 rings (SSSR count). The number of hydrogen-bond acceptors (Lipinski definition) is 6. The van der Waals surface area contributed by atoms with Gasteiger partial charge in [0.1, 0.15) is 6.61 Å². The summed E-state index contributed by atoms with van der Waals surface area (Å²) in [5, 5.41) is 10.8. The summed E-state index contributed by atoms with van der Waals surface area (Å²) in [6.07, 6.45) is 5.40. The fourth-order valence-corrected chi connectivity index (χ4v) is 4.10. The summed E-state index contributed by atoms with van der Waals surface area (Å²) in [5.74, 6) is -0.461. The van der Waals surface area contributed by atoms with E-state index in [0.717, 1.165) is 12.1 Å². The zero-order valence-corrected chi connectivity index (χ0v) is 21.1. The Morgan fingerprint density at radius 2 is 1.89 bits per heavy atom. The second-order valence-electron chi connectivity index (χ2n) is 8.67. The Labute approximate surface area is 212 Å². The van der Waals surface area contributed by atoms with Gasteiger partial charge in [0.25, 0.3) is 5.91 Å². The normalized spacial score (nSPS) is 15.7. The predicted octanol–water partition coefficient (Wildman–Crippen LogP) is 4.58. The number of hydrogen-bond donors (Lipinski definition) is 1. The Balaban J connectivity index is 2.01. The highest BCUT2D eigenvalue weighted by Gasteiger charge is 2.42. The van der Waals surface area contributed by atoms with E-state index >= 15 is 0 Å². The van der Waals surface area contributed by atoms with Crippen LogP contribution in [0.3, 0.4) is 0 Å². The average Bonchev–Trinajstić information content (AvgIpc) is 3.12. The Morgan fingerprint density at radius 3 is 2.56 bits per heavy atom. The first-order chi connectivity index (χ1) is 17.4. The lowest BCUT2D eigenvalue weighted by Gasteiger charge is -2.27. The minimum atomic E-state index is -0.750. The van der Waals surface area contributed by atoms with Crippen LogP contribution in [-0.4, -0.2) is 67.0 Å². The van der Waals surface area contributed by atoms with E-state index < -0.39 is 23.5 Å². The number of carbonyl (C=O) groups excluding carboxylic acids is 2. The third-order valence-electron chi connectivity index (χ3n) is 5.74. The summed E-state index contributed by atoms with van der Waals surface area (Å²) in [6.45, 7) is 7.40. The number of carbonyl (C=O) groups is 2. The molecule has 1 N–H and O–H groups in total. The maximum Gasteiger partial charge on any atom is 0.290 e. The van der Waals surface area contributed by atoms with Crippen LogP contribution in [0.5, 0.6) is 11.5 Å². The van der Waals surface area contributed by atoms with Crippen molar-refractivity contribution in [1.82, 2.24) is 9.80 Å². The third kappa shape index (κ3) is 6.43. The fraction of sp³-hybridized carbons (Fsp3) is 0.310. The minimum Gasteiger partial charge on any atom is -0.503 e. The van der Waals surface area contributed by atoms with Gasteiger partial charge in [0.05, 0.1) is 18.2 Å². The lowest BCUT2D eigenvalue weighted by Crippen LogP contribution is -2.33. The molecule has 190 valence electrons. The van der Waals surface area contributed by atoms with Gasteiger partial charge in [0.15, 0.2) is 23.0 Å². The Morgan fingerprint density at radius 1 is 1.14 bits per heavy atom. The van der Waals surface area contributed by atoms with Crippen molar-refractivity contribution in [2.24, 2.45) is 0 Å². The second-order valence-corrected chi connectivity index (χ2v) is 8.67. The molecule has 1 atom stereocenters. The summed E-state index contributed by atoms with van der Waals surface area (Å²) in [6, 6.07) is 14.0. The van der Waals surface area contributed by atoms with Crippen LogP contribution in [0.4, 0.5) is 0 Å². The smallest absolute Gasteiger partial charge is 0.290 e. The van der Waals surface area contributed by atoms with E-state index in [2.05, 4.69) is 6.58 Å². The van der Waals surface area contributed by atoms with Crippen molar-refractivity contribution in [3.63, 3.8) is 0 Å². The Bertz CT molecular complexity index is 1140. The second kappa shape index (κ2) is 12.7. The molecule has 1 aliphatic heterocycles. The van der Waals surface area contributed by atoms with E-state index in [1.807, 2.05) is 56.3 Å². The number of rotatable bonds is 13. The molecule has 1 aliphatic rings. The van der Waals surface area contributed by atoms with Crippen molar-refractivity contribution >= 4 is 17.8 Å². The van der Waals surface area contributed by atoms with Crippen molar-refractivity contribution in [2.45, 2.75) is 19.4 Å². The summed E-state index contributed by atoms with van der Waals surface area (Å²) in [5.41, 5.74) is 1.55. The quantitative estimate of drug-likeness (QED) is 0.327. The van der Waals surface area contributed by atoms with Crippen LogP contribution in [-0.2, 0) is 9.59 Å². The van der Waals surface area contributed by atoms with Crippen LogP contribution in [0.2, 0.25) is 0 Å². The van der Waals surface area contributed by atoms with Crippen molar-refractivity contribution < 1.29 is 24.2 Å². The molecule has 2 aromatic carbocycles. The summed E-state index contributed by atoms with van der Waals surface area (Å²) in [4.78, 5) is 30.1. The number of amides is 1. The number of ketones is 1. The molecule has 0 saturated carbocycles. The lowest BCUT2D eigenvalue weighted by molar-refractivity contribution is -0.129. The van der Waals surface area contributed by atoms with Gasteiger partial charge >= 0.3 is 0 Å². The van der Waals surface area contributed by atoms with Gasteiger partial charge in [-0.2, -0.15) is 0 Å². The Kier molecular flexibility index (Phi) is 9.47. The van der Waals surface area contributed by atoms with Gasteiger partial charge < -0.3 is 24.4 Å². The van der Waals surface area contributed by atoms with Crippen LogP contribution < -0.4 is 9.47 Å². The molecule has 0 fully saturated rings. The molecule has 1 amide bonds. The van der Waals surface area contributed by atoms with E-state index in [9.17, 15) is 14.7 Å². The molecule has 0 radical (unpaired) electrons. The fourth-order valence-electron chi connectivity index (χ4n) is 4.10. The molecule has 7 nitrogen and oxygen atoms in total. The summed E-state index contributed by atoms with van der Waals surface area (Å²) >= 11 is 0. The van der Waals surface area contributed by atoms with Crippen LogP contribution in [0.1, 0.15) is 30.5 Å². The monoisotopic (exact) mass is 490 g/mol. The molecule has 36 heavy (non-hydrogen) atoms. The van der Waals surface area contributed by atoms with E-state index in [4.69, 9.17) is 9.47 Å². The highest BCUT2D eigenvalue weighted by Crippen LogP contribution is 2.41. The van der Waals surface area contributed by atoms with Crippen LogP contribution in [0.25, 0.3) is 6.08 Å². The number of aliphatic hydroxyl groups excluding tert-OH is 1. The van der Waals surface area contributed by atoms with E-state index in [1.54, 1.807) is 35.3 Å². The topological polar surface area (TPSA) is 79.3 Å². The van der Waals surface area contributed by atoms with E-state index in [0.29, 0.717) is 43.2 Å². The van der Waals surface area contributed by atoms with Gasteiger partial charge in [-0.25, -0.2) is 0 Å². The number of aliphatic hydroxyl groups is 1. The maximum atomic E-state index is 13.3. The molecular formula is C29H34N2O5. The zero-order chi connectivity index (χ0) is 26.1. The number of benzene rings is 2. The van der Waals surface area contributed by atoms with Gasteiger partial charge in [-0.05, 0) is 63.3 Å². The zero-order valence-electron chi connectivity index (χ0n) is 21.1. The highest BCUT2D eigenvalue weighted by atomic mass is 16.5. The van der Waals surface area contributed by atoms with E-state index in [-0.39, 0.29) is 5.57 Å². The third-order valence-corrected chi connectivity index (χ3v) is 5.74. The lowest BCUT2D eigenvalue weighted by atomic mass is 9.95. The highest BCUT2D eigenvalue weighted by molar-refractivity contribution is 6.14. The van der Waals surface area contributed by atoms with Crippen LogP contribution in [0.15, 0.2) is 78.6 Å². The van der Waals surface area contributed by atoms with Crippen molar-refractivity contribution in [3.05, 3.63) is 89.7 Å². The minimum absolute atomic E-state index is 0.0549. The molecule has 1 unspecified atom stereocenters. The van der Waals surface area contributed by atoms with Crippen molar-refractivity contribution in [3.8, 4) is 11.5 Å². The van der Waals surface area contributed by atoms with Crippen molar-refractivity contribution in [2.75, 3.05) is 40.4 Å². The van der Waals surface area contributed by atoms with Crippen LogP contribution >= 0.6 is 0 Å². The van der Waals surface area contributed by atoms with Gasteiger partial charge in [-0.3, -0.25) is 9.59 Å². The summed E-state index contributed by atoms with van der Waals surface area (Å²) in [7, 11) is 3.91. The SMILES string of the molecule is C=CCOc1ccc(C2C(C(=O)/C=C/c3ccccc3)=C(O)C(=O)N2CCCN(C)C)cc1OCC. The number of allylic oxidation sites excluding steroid dienone is 1. The molecule has 0 spiro atoms. The molecule has 0 aromatic heterocycles. The van der Waals surface area contributed by atoms with Gasteiger partial charge in [-0.15, -0.1) is 0 Å². The van der Waals surface area contributed by atoms with E-state index in [1.165, 1.54) is 6.08 Å². The van der Waals surface area contributed by atoms with Gasteiger partial charge in [0.2, 0.25) is 0 Å². The van der Waals surface area contributed by atoms with Crippen molar-refractivity contribution in [1.29, 1.82) is 0 Å². The molecule has 1 heterocycles. The molecule has 0 bridgehead atoms. The molecule has 2 aromatic rings. The van der Waals surface area contributed by atoms with Gasteiger partial charge in [-0.1, -0.05) is 55.1 Å². The molecule has 0 saturated heterocycles. The largest absolute Gasteiger partial charge is 0.503 e. The maximum absolute atomic E-state index is 13.3. The Hall–Kier alpha value is -3.84. The first-order valence-electron chi connectivity index (χ1n) is 12.0. The average molecular weight is 491 g/mol. The predicted molar refractivity (Wildman–Crippen MR) is 141 cm³/mol. The molecule has 7 heteroatoms. The van der Waals surface area contributed by atoms with Gasteiger partial charge in [0, 0.05) is 6.54 Å². The molecule has 0 aliphatic carbocycles. The number of ether oxygens (including phenoxy) is 2. The first kappa shape index (κ1) is 26.8. The first-order valence-corrected chi connectivity index (χ1v) is 12.0.